The molecule has 3 rings (SSSR count). The molecule has 0 aliphatic heterocycles. The van der Waals surface area contributed by atoms with E-state index in [4.69, 9.17) is 0 Å². The van der Waals surface area contributed by atoms with Crippen LogP contribution in [0.15, 0.2) is 24.3 Å². The Morgan fingerprint density at radius 1 is 0.600 bits per heavy atom. The van der Waals surface area contributed by atoms with Crippen LogP contribution in [0.3, 0.4) is 0 Å². The van der Waals surface area contributed by atoms with E-state index >= 15 is 0 Å². The highest BCUT2D eigenvalue weighted by Gasteiger charge is 2.15. The minimum Gasteiger partial charge on any atom is -0.335 e. The maximum Gasteiger partial charge on any atom is 0.319 e. The van der Waals surface area contributed by atoms with Crippen LogP contribution in [0.2, 0.25) is 0 Å². The largest absolute Gasteiger partial charge is 0.335 e. The highest BCUT2D eigenvalue weighted by molar-refractivity contribution is 5.93. The maximum atomic E-state index is 12.4. The summed E-state index contributed by atoms with van der Waals surface area (Å²) in [5, 5.41) is 12.0. The normalized spacial score (nSPS) is 19.5. The summed E-state index contributed by atoms with van der Waals surface area (Å²) in [5.74, 6) is 0. The summed E-state index contributed by atoms with van der Waals surface area (Å²) in [5.41, 5.74) is 1.36. The molecule has 6 nitrogen and oxygen atoms in total. The Labute approximate surface area is 181 Å². The molecule has 0 bridgehead atoms. The lowest BCUT2D eigenvalue weighted by Gasteiger charge is -2.22. The van der Waals surface area contributed by atoms with Gasteiger partial charge in [-0.25, -0.2) is 9.59 Å². The van der Waals surface area contributed by atoms with Gasteiger partial charge in [0.05, 0.1) is 0 Å². The third-order valence-electron chi connectivity index (χ3n) is 6.26. The molecule has 1 aromatic rings. The summed E-state index contributed by atoms with van der Waals surface area (Å²) in [7, 11) is 0. The van der Waals surface area contributed by atoms with E-state index in [1.54, 1.807) is 6.07 Å². The molecule has 4 amide bonds. The van der Waals surface area contributed by atoms with E-state index < -0.39 is 0 Å². The minimum absolute atomic E-state index is 0.170. The number of rotatable bonds is 4. The molecule has 2 aliphatic carbocycles. The lowest BCUT2D eigenvalue weighted by atomic mass is 9.97. The van der Waals surface area contributed by atoms with Crippen molar-refractivity contribution >= 4 is 23.4 Å². The predicted octanol–water partition coefficient (Wildman–Crippen LogP) is 6.16. The minimum atomic E-state index is -0.170. The SMILES string of the molecule is O=C(Nc1cccc(NC(=O)NC2CCCCCCC2)c1)NC1CCCCCCC1. The summed E-state index contributed by atoms with van der Waals surface area (Å²) in [6, 6.07) is 7.49. The smallest absolute Gasteiger partial charge is 0.319 e. The number of urea groups is 2. The molecule has 0 saturated heterocycles. The molecule has 30 heavy (non-hydrogen) atoms. The summed E-state index contributed by atoms with van der Waals surface area (Å²) >= 11 is 0. The van der Waals surface area contributed by atoms with Crippen LogP contribution >= 0.6 is 0 Å². The number of hydrogen-bond donors (Lipinski definition) is 4. The molecule has 166 valence electrons. The molecule has 0 aromatic heterocycles. The number of benzene rings is 1. The molecule has 2 saturated carbocycles. The van der Waals surface area contributed by atoms with E-state index in [9.17, 15) is 9.59 Å². The van der Waals surface area contributed by atoms with Gasteiger partial charge in [0.15, 0.2) is 0 Å². The van der Waals surface area contributed by atoms with Gasteiger partial charge in [-0.05, 0) is 43.9 Å². The van der Waals surface area contributed by atoms with Crippen molar-refractivity contribution in [2.45, 2.75) is 102 Å². The summed E-state index contributed by atoms with van der Waals surface area (Å²) in [6.07, 6.45) is 16.6. The predicted molar refractivity (Wildman–Crippen MR) is 123 cm³/mol. The summed E-state index contributed by atoms with van der Waals surface area (Å²) in [6.45, 7) is 0. The van der Waals surface area contributed by atoms with Gasteiger partial charge in [0.1, 0.15) is 0 Å². The Morgan fingerprint density at radius 2 is 0.967 bits per heavy atom. The quantitative estimate of drug-likeness (QED) is 0.476. The Morgan fingerprint density at radius 3 is 1.37 bits per heavy atom. The van der Waals surface area contributed by atoms with Crippen LogP contribution in [0, 0.1) is 0 Å². The standard InChI is InChI=1S/C24H38N4O2/c29-23(25-19-12-7-3-1-4-8-13-19)27-21-16-11-17-22(18-21)28-24(30)26-20-14-9-5-2-6-10-15-20/h11,16-20H,1-10,12-15H2,(H2,25,27,29)(H2,26,28,30). The number of nitrogens with one attached hydrogen (secondary N) is 4. The van der Waals surface area contributed by atoms with E-state index in [2.05, 4.69) is 21.3 Å². The van der Waals surface area contributed by atoms with Gasteiger partial charge in [-0.3, -0.25) is 0 Å². The number of carbonyl (C=O) groups excluding carboxylic acids is 2. The third-order valence-corrected chi connectivity index (χ3v) is 6.26. The fraction of sp³-hybridized carbons (Fsp3) is 0.667. The Balaban J connectivity index is 1.46. The lowest BCUT2D eigenvalue weighted by molar-refractivity contribution is 0.244. The van der Waals surface area contributed by atoms with Gasteiger partial charge < -0.3 is 21.3 Å². The molecule has 0 atom stereocenters. The van der Waals surface area contributed by atoms with Gasteiger partial charge in [0.25, 0.3) is 0 Å². The molecule has 0 radical (unpaired) electrons. The van der Waals surface area contributed by atoms with Crippen LogP contribution in [0.1, 0.15) is 89.9 Å². The van der Waals surface area contributed by atoms with Crippen molar-refractivity contribution < 1.29 is 9.59 Å². The van der Waals surface area contributed by atoms with Gasteiger partial charge in [-0.1, -0.05) is 70.3 Å². The number of carbonyl (C=O) groups is 2. The zero-order chi connectivity index (χ0) is 21.0. The molecule has 4 N–H and O–H groups in total. The molecule has 0 spiro atoms. The number of anilines is 2. The van der Waals surface area contributed by atoms with Crippen molar-refractivity contribution in [2.24, 2.45) is 0 Å². The Kier molecular flexibility index (Phi) is 9.32. The van der Waals surface area contributed by atoms with Crippen LogP contribution in [0.5, 0.6) is 0 Å². The molecular weight excluding hydrogens is 376 g/mol. The zero-order valence-corrected chi connectivity index (χ0v) is 18.2. The van der Waals surface area contributed by atoms with Crippen LogP contribution < -0.4 is 21.3 Å². The zero-order valence-electron chi connectivity index (χ0n) is 18.2. The van der Waals surface area contributed by atoms with Crippen molar-refractivity contribution in [2.75, 3.05) is 10.6 Å². The Hall–Kier alpha value is -2.24. The van der Waals surface area contributed by atoms with Gasteiger partial charge in [-0.15, -0.1) is 0 Å². The van der Waals surface area contributed by atoms with E-state index in [1.165, 1.54) is 64.2 Å². The summed E-state index contributed by atoms with van der Waals surface area (Å²) in [4.78, 5) is 24.8. The number of amides is 4. The second kappa shape index (κ2) is 12.5. The summed E-state index contributed by atoms with van der Waals surface area (Å²) < 4.78 is 0. The van der Waals surface area contributed by atoms with Crippen molar-refractivity contribution in [1.82, 2.24) is 10.6 Å². The van der Waals surface area contributed by atoms with E-state index in [0.717, 1.165) is 25.7 Å². The molecule has 2 aliphatic rings. The van der Waals surface area contributed by atoms with Crippen LogP contribution in [0.4, 0.5) is 21.0 Å². The van der Waals surface area contributed by atoms with Crippen LogP contribution in [-0.4, -0.2) is 24.1 Å². The second-order valence-corrected chi connectivity index (χ2v) is 8.86. The first-order chi connectivity index (χ1) is 14.7. The van der Waals surface area contributed by atoms with Crippen molar-refractivity contribution in [3.8, 4) is 0 Å². The molecular formula is C24H38N4O2. The van der Waals surface area contributed by atoms with Crippen molar-refractivity contribution in [3.63, 3.8) is 0 Å². The monoisotopic (exact) mass is 414 g/mol. The van der Waals surface area contributed by atoms with Crippen LogP contribution in [0.25, 0.3) is 0 Å². The number of hydrogen-bond acceptors (Lipinski definition) is 2. The molecule has 0 unspecified atom stereocenters. The fourth-order valence-electron chi connectivity index (χ4n) is 4.58. The molecule has 6 heteroatoms. The molecule has 0 heterocycles. The average molecular weight is 415 g/mol. The van der Waals surface area contributed by atoms with Gasteiger partial charge in [0.2, 0.25) is 0 Å². The fourth-order valence-corrected chi connectivity index (χ4v) is 4.58. The molecule has 2 fully saturated rings. The topological polar surface area (TPSA) is 82.3 Å². The van der Waals surface area contributed by atoms with Gasteiger partial charge >= 0.3 is 12.1 Å². The first-order valence-electron chi connectivity index (χ1n) is 11.9. The average Bonchev–Trinajstić information content (AvgIpc) is 2.66. The first-order valence-corrected chi connectivity index (χ1v) is 11.9. The van der Waals surface area contributed by atoms with E-state index in [0.29, 0.717) is 11.4 Å². The first kappa shape index (κ1) is 22.4. The molecule has 1 aromatic carbocycles. The Bertz CT molecular complexity index is 610. The highest BCUT2D eigenvalue weighted by atomic mass is 16.2. The van der Waals surface area contributed by atoms with Crippen LogP contribution in [-0.2, 0) is 0 Å². The van der Waals surface area contributed by atoms with Crippen molar-refractivity contribution in [1.29, 1.82) is 0 Å². The van der Waals surface area contributed by atoms with Crippen molar-refractivity contribution in [3.05, 3.63) is 24.3 Å². The second-order valence-electron chi connectivity index (χ2n) is 8.86. The third kappa shape index (κ3) is 8.25. The highest BCUT2D eigenvalue weighted by Crippen LogP contribution is 2.19. The van der Waals surface area contributed by atoms with Gasteiger partial charge in [0, 0.05) is 23.5 Å². The van der Waals surface area contributed by atoms with E-state index in [1.807, 2.05) is 18.2 Å². The van der Waals surface area contributed by atoms with Gasteiger partial charge in [-0.2, -0.15) is 0 Å². The van der Waals surface area contributed by atoms with E-state index in [-0.39, 0.29) is 24.1 Å². The maximum absolute atomic E-state index is 12.4. The lowest BCUT2D eigenvalue weighted by Crippen LogP contribution is -2.38.